The summed E-state index contributed by atoms with van der Waals surface area (Å²) in [6.07, 6.45) is 5.64. The number of carbonyl (C=O) groups is 2. The van der Waals surface area contributed by atoms with Crippen molar-refractivity contribution in [1.29, 1.82) is 0 Å². The van der Waals surface area contributed by atoms with Crippen LogP contribution < -0.4 is 0 Å². The second-order valence-electron chi connectivity index (χ2n) is 6.82. The summed E-state index contributed by atoms with van der Waals surface area (Å²) < 4.78 is 0. The maximum atomic E-state index is 12.4. The molecule has 0 bridgehead atoms. The predicted octanol–water partition coefficient (Wildman–Crippen LogP) is 3.13. The Morgan fingerprint density at radius 3 is 2.38 bits per heavy atom. The second kappa shape index (κ2) is 8.02. The summed E-state index contributed by atoms with van der Waals surface area (Å²) in [6, 6.07) is 7.66. The zero-order valence-electron chi connectivity index (χ0n) is 14.0. The van der Waals surface area contributed by atoms with Crippen molar-refractivity contribution in [2.75, 3.05) is 26.2 Å². The van der Waals surface area contributed by atoms with Gasteiger partial charge in [0.05, 0.1) is 0 Å². The van der Waals surface area contributed by atoms with Crippen molar-refractivity contribution in [2.24, 2.45) is 5.92 Å². The highest BCUT2D eigenvalue weighted by atomic mass is 35.5. The van der Waals surface area contributed by atoms with E-state index in [0.717, 1.165) is 18.4 Å². The van der Waals surface area contributed by atoms with Crippen LogP contribution in [-0.4, -0.2) is 47.8 Å². The van der Waals surface area contributed by atoms with Crippen LogP contribution >= 0.6 is 11.6 Å². The number of nitrogens with zero attached hydrogens (tertiary/aromatic N) is 2. The fraction of sp³-hybridized carbons (Fsp3) is 0.579. The van der Waals surface area contributed by atoms with Crippen LogP contribution in [0.3, 0.4) is 0 Å². The van der Waals surface area contributed by atoms with Crippen molar-refractivity contribution in [1.82, 2.24) is 9.80 Å². The van der Waals surface area contributed by atoms with E-state index in [1.807, 2.05) is 34.1 Å². The fourth-order valence-electron chi connectivity index (χ4n) is 3.71. The summed E-state index contributed by atoms with van der Waals surface area (Å²) in [7, 11) is 0. The standard InChI is InChI=1S/C19H25ClN2O2/c20-17-7-3-4-15(14-17)8-9-18(23)21-10-12-22(13-11-21)19(24)16-5-1-2-6-16/h3-4,7,14,16H,1-2,5-6,8-13H2. The van der Waals surface area contributed by atoms with Gasteiger partial charge in [-0.05, 0) is 37.0 Å². The molecule has 24 heavy (non-hydrogen) atoms. The van der Waals surface area contributed by atoms with Crippen LogP contribution in [0.2, 0.25) is 5.02 Å². The fourth-order valence-corrected chi connectivity index (χ4v) is 3.92. The maximum absolute atomic E-state index is 12.4. The molecular formula is C19H25ClN2O2. The zero-order valence-corrected chi connectivity index (χ0v) is 14.8. The van der Waals surface area contributed by atoms with Gasteiger partial charge in [0.2, 0.25) is 11.8 Å². The molecule has 1 aromatic carbocycles. The van der Waals surface area contributed by atoms with Gasteiger partial charge in [-0.2, -0.15) is 0 Å². The van der Waals surface area contributed by atoms with E-state index in [1.165, 1.54) is 12.8 Å². The van der Waals surface area contributed by atoms with Crippen molar-refractivity contribution in [3.05, 3.63) is 34.9 Å². The van der Waals surface area contributed by atoms with E-state index >= 15 is 0 Å². The molecule has 4 nitrogen and oxygen atoms in total. The van der Waals surface area contributed by atoms with E-state index in [4.69, 9.17) is 11.6 Å². The molecule has 0 atom stereocenters. The van der Waals surface area contributed by atoms with E-state index in [2.05, 4.69) is 0 Å². The van der Waals surface area contributed by atoms with Crippen molar-refractivity contribution >= 4 is 23.4 Å². The highest BCUT2D eigenvalue weighted by molar-refractivity contribution is 6.30. The van der Waals surface area contributed by atoms with Gasteiger partial charge < -0.3 is 9.80 Å². The minimum absolute atomic E-state index is 0.169. The van der Waals surface area contributed by atoms with Crippen LogP contribution in [0.4, 0.5) is 0 Å². The number of aryl methyl sites for hydroxylation is 1. The van der Waals surface area contributed by atoms with Crippen molar-refractivity contribution in [3.63, 3.8) is 0 Å². The Morgan fingerprint density at radius 2 is 1.71 bits per heavy atom. The molecule has 0 N–H and O–H groups in total. The van der Waals surface area contributed by atoms with Crippen molar-refractivity contribution < 1.29 is 9.59 Å². The van der Waals surface area contributed by atoms with Crippen molar-refractivity contribution in [2.45, 2.75) is 38.5 Å². The first kappa shape index (κ1) is 17.3. The number of benzene rings is 1. The molecule has 0 spiro atoms. The first-order chi connectivity index (χ1) is 11.6. The third-order valence-corrected chi connectivity index (χ3v) is 5.40. The van der Waals surface area contributed by atoms with Gasteiger partial charge in [0.15, 0.2) is 0 Å². The van der Waals surface area contributed by atoms with Crippen LogP contribution in [0.1, 0.15) is 37.7 Å². The Balaban J connectivity index is 1.44. The molecule has 1 heterocycles. The largest absolute Gasteiger partial charge is 0.339 e. The first-order valence-electron chi connectivity index (χ1n) is 8.94. The number of halogens is 1. The molecule has 2 fully saturated rings. The Kier molecular flexibility index (Phi) is 5.77. The number of hydrogen-bond acceptors (Lipinski definition) is 2. The van der Waals surface area contributed by atoms with Gasteiger partial charge in [-0.3, -0.25) is 9.59 Å². The molecular weight excluding hydrogens is 324 g/mol. The van der Waals surface area contributed by atoms with Crippen LogP contribution in [0.15, 0.2) is 24.3 Å². The Hall–Kier alpha value is -1.55. The van der Waals surface area contributed by atoms with Crippen LogP contribution in [-0.2, 0) is 16.0 Å². The van der Waals surface area contributed by atoms with Gasteiger partial charge in [-0.1, -0.05) is 36.6 Å². The average molecular weight is 349 g/mol. The first-order valence-corrected chi connectivity index (χ1v) is 9.32. The lowest BCUT2D eigenvalue weighted by Crippen LogP contribution is -2.51. The smallest absolute Gasteiger partial charge is 0.225 e. The average Bonchev–Trinajstić information content (AvgIpc) is 3.14. The van der Waals surface area contributed by atoms with Gasteiger partial charge in [-0.25, -0.2) is 0 Å². The lowest BCUT2D eigenvalue weighted by molar-refractivity contribution is -0.142. The molecule has 130 valence electrons. The summed E-state index contributed by atoms with van der Waals surface area (Å²) in [5.41, 5.74) is 1.09. The minimum Gasteiger partial charge on any atom is -0.339 e. The molecule has 2 aliphatic rings. The maximum Gasteiger partial charge on any atom is 0.225 e. The molecule has 0 unspecified atom stereocenters. The highest BCUT2D eigenvalue weighted by Gasteiger charge is 2.30. The minimum atomic E-state index is 0.169. The summed E-state index contributed by atoms with van der Waals surface area (Å²) in [5, 5.41) is 0.707. The van der Waals surface area contributed by atoms with E-state index < -0.39 is 0 Å². The normalized spacial score (nSPS) is 18.9. The lowest BCUT2D eigenvalue weighted by atomic mass is 10.1. The van der Waals surface area contributed by atoms with E-state index in [9.17, 15) is 9.59 Å². The summed E-state index contributed by atoms with van der Waals surface area (Å²) in [6.45, 7) is 2.68. The third kappa shape index (κ3) is 4.29. The van der Waals surface area contributed by atoms with E-state index in [1.54, 1.807) is 0 Å². The van der Waals surface area contributed by atoms with E-state index in [-0.39, 0.29) is 11.8 Å². The molecule has 0 aromatic heterocycles. The Morgan fingerprint density at radius 1 is 1.04 bits per heavy atom. The van der Waals surface area contributed by atoms with Crippen LogP contribution in [0, 0.1) is 5.92 Å². The van der Waals surface area contributed by atoms with Crippen LogP contribution in [0.25, 0.3) is 0 Å². The molecule has 1 aromatic rings. The quantitative estimate of drug-likeness (QED) is 0.838. The highest BCUT2D eigenvalue weighted by Crippen LogP contribution is 2.27. The molecule has 2 amide bonds. The molecule has 1 aliphatic carbocycles. The van der Waals surface area contributed by atoms with E-state index in [0.29, 0.717) is 50.0 Å². The zero-order chi connectivity index (χ0) is 16.9. The molecule has 1 aliphatic heterocycles. The lowest BCUT2D eigenvalue weighted by Gasteiger charge is -2.36. The topological polar surface area (TPSA) is 40.6 Å². The van der Waals surface area contributed by atoms with Gasteiger partial charge >= 0.3 is 0 Å². The molecule has 1 saturated heterocycles. The summed E-state index contributed by atoms with van der Waals surface area (Å²) in [5.74, 6) is 0.705. The van der Waals surface area contributed by atoms with Crippen molar-refractivity contribution in [3.8, 4) is 0 Å². The van der Waals surface area contributed by atoms with Gasteiger partial charge in [0, 0.05) is 43.5 Å². The monoisotopic (exact) mass is 348 g/mol. The van der Waals surface area contributed by atoms with Gasteiger partial charge in [-0.15, -0.1) is 0 Å². The van der Waals surface area contributed by atoms with Crippen LogP contribution in [0.5, 0.6) is 0 Å². The number of rotatable bonds is 4. The predicted molar refractivity (Wildman–Crippen MR) is 94.9 cm³/mol. The number of piperazine rings is 1. The van der Waals surface area contributed by atoms with Gasteiger partial charge in [0.25, 0.3) is 0 Å². The summed E-state index contributed by atoms with van der Waals surface area (Å²) in [4.78, 5) is 28.7. The Bertz CT molecular complexity index is 591. The second-order valence-corrected chi connectivity index (χ2v) is 7.25. The number of hydrogen-bond donors (Lipinski definition) is 0. The SMILES string of the molecule is O=C(CCc1cccc(Cl)c1)N1CCN(C(=O)C2CCCC2)CC1. The summed E-state index contributed by atoms with van der Waals surface area (Å²) >= 11 is 5.98. The molecule has 0 radical (unpaired) electrons. The number of carbonyl (C=O) groups excluding carboxylic acids is 2. The molecule has 1 saturated carbocycles. The molecule has 3 rings (SSSR count). The third-order valence-electron chi connectivity index (χ3n) is 5.17. The number of amides is 2. The Labute approximate surface area is 148 Å². The molecule has 5 heteroatoms. The van der Waals surface area contributed by atoms with Gasteiger partial charge in [0.1, 0.15) is 0 Å².